The SMILES string of the molecule is CSc1nc2[nH]c(=O)n(-c3cccc(Cl)c3)c(=O)c2s1. The van der Waals surface area contributed by atoms with Gasteiger partial charge in [-0.1, -0.05) is 29.4 Å². The predicted octanol–water partition coefficient (Wildman–Crippen LogP) is 2.51. The fourth-order valence-corrected chi connectivity index (χ4v) is 3.45. The Morgan fingerprint density at radius 3 is 2.90 bits per heavy atom. The first kappa shape index (κ1) is 13.4. The summed E-state index contributed by atoms with van der Waals surface area (Å²) in [5.74, 6) is 0. The Morgan fingerprint density at radius 2 is 2.20 bits per heavy atom. The minimum atomic E-state index is -0.525. The van der Waals surface area contributed by atoms with Gasteiger partial charge in [0.2, 0.25) is 0 Å². The van der Waals surface area contributed by atoms with Crippen LogP contribution < -0.4 is 11.2 Å². The number of H-pyrrole nitrogens is 1. The number of nitrogens with zero attached hydrogens (tertiary/aromatic N) is 2. The molecule has 0 atom stereocenters. The molecular weight excluding hydrogens is 318 g/mol. The molecule has 3 rings (SSSR count). The molecule has 20 heavy (non-hydrogen) atoms. The van der Waals surface area contributed by atoms with Crippen LogP contribution in [-0.4, -0.2) is 20.8 Å². The van der Waals surface area contributed by atoms with E-state index in [9.17, 15) is 9.59 Å². The van der Waals surface area contributed by atoms with Crippen LogP contribution in [-0.2, 0) is 0 Å². The first-order valence-electron chi connectivity index (χ1n) is 5.56. The number of hydrogen-bond acceptors (Lipinski definition) is 5. The summed E-state index contributed by atoms with van der Waals surface area (Å²) in [6, 6.07) is 6.60. The van der Waals surface area contributed by atoms with Gasteiger partial charge in [0, 0.05) is 5.02 Å². The van der Waals surface area contributed by atoms with Gasteiger partial charge < -0.3 is 0 Å². The first-order valence-corrected chi connectivity index (χ1v) is 7.98. The van der Waals surface area contributed by atoms with Crippen LogP contribution in [0.2, 0.25) is 5.02 Å². The van der Waals surface area contributed by atoms with E-state index in [-0.39, 0.29) is 5.56 Å². The molecule has 0 bridgehead atoms. The van der Waals surface area contributed by atoms with Crippen molar-refractivity contribution in [2.75, 3.05) is 6.26 Å². The van der Waals surface area contributed by atoms with Gasteiger partial charge in [-0.2, -0.15) is 0 Å². The average Bonchev–Trinajstić information content (AvgIpc) is 2.82. The van der Waals surface area contributed by atoms with E-state index >= 15 is 0 Å². The number of thiazole rings is 1. The number of rotatable bonds is 2. The molecular formula is C12H8ClN3O2S2. The Labute approximate surface area is 126 Å². The third-order valence-electron chi connectivity index (χ3n) is 2.67. The van der Waals surface area contributed by atoms with Crippen LogP contribution in [0.4, 0.5) is 0 Å². The molecule has 0 aliphatic heterocycles. The van der Waals surface area contributed by atoms with E-state index in [0.29, 0.717) is 21.1 Å². The maximum Gasteiger partial charge on any atom is 0.334 e. The number of aromatic nitrogens is 3. The lowest BCUT2D eigenvalue weighted by molar-refractivity contribution is 0.898. The first-order chi connectivity index (χ1) is 9.60. The summed E-state index contributed by atoms with van der Waals surface area (Å²) in [4.78, 5) is 31.4. The van der Waals surface area contributed by atoms with E-state index in [0.717, 1.165) is 8.91 Å². The molecule has 1 aromatic carbocycles. The molecule has 0 spiro atoms. The molecule has 0 saturated heterocycles. The molecule has 0 aliphatic carbocycles. The number of benzene rings is 1. The monoisotopic (exact) mass is 325 g/mol. The summed E-state index contributed by atoms with van der Waals surface area (Å²) in [7, 11) is 0. The van der Waals surface area contributed by atoms with E-state index in [2.05, 4.69) is 9.97 Å². The highest BCUT2D eigenvalue weighted by atomic mass is 35.5. The van der Waals surface area contributed by atoms with E-state index in [1.807, 2.05) is 6.26 Å². The summed E-state index contributed by atoms with van der Waals surface area (Å²) >= 11 is 8.59. The number of fused-ring (bicyclic) bond motifs is 1. The summed E-state index contributed by atoms with van der Waals surface area (Å²) in [6.07, 6.45) is 1.87. The van der Waals surface area contributed by atoms with Crippen molar-refractivity contribution in [1.29, 1.82) is 0 Å². The van der Waals surface area contributed by atoms with Crippen LogP contribution in [0.15, 0.2) is 38.2 Å². The largest absolute Gasteiger partial charge is 0.334 e. The minimum Gasteiger partial charge on any atom is -0.290 e. The Kier molecular flexibility index (Phi) is 3.41. The van der Waals surface area contributed by atoms with Crippen LogP contribution in [0.25, 0.3) is 16.0 Å². The molecule has 0 fully saturated rings. The fourth-order valence-electron chi connectivity index (χ4n) is 1.82. The van der Waals surface area contributed by atoms with Crippen molar-refractivity contribution in [2.24, 2.45) is 0 Å². The molecule has 2 aromatic heterocycles. The molecule has 0 amide bonds. The highest BCUT2D eigenvalue weighted by Gasteiger charge is 2.13. The number of hydrogen-bond donors (Lipinski definition) is 1. The maximum atomic E-state index is 12.5. The fraction of sp³-hybridized carbons (Fsp3) is 0.0833. The second kappa shape index (κ2) is 5.08. The lowest BCUT2D eigenvalue weighted by Crippen LogP contribution is -2.33. The third-order valence-corrected chi connectivity index (χ3v) is 4.94. The Balaban J connectivity index is 2.36. The van der Waals surface area contributed by atoms with Crippen molar-refractivity contribution < 1.29 is 0 Å². The van der Waals surface area contributed by atoms with Crippen molar-refractivity contribution in [2.45, 2.75) is 4.34 Å². The van der Waals surface area contributed by atoms with E-state index < -0.39 is 5.69 Å². The Morgan fingerprint density at radius 1 is 1.40 bits per heavy atom. The quantitative estimate of drug-likeness (QED) is 0.735. The van der Waals surface area contributed by atoms with E-state index in [1.165, 1.54) is 23.1 Å². The van der Waals surface area contributed by atoms with Crippen molar-refractivity contribution >= 4 is 45.0 Å². The van der Waals surface area contributed by atoms with Gasteiger partial charge in [-0.15, -0.1) is 11.3 Å². The number of thioether (sulfide) groups is 1. The molecule has 5 nitrogen and oxygen atoms in total. The lowest BCUT2D eigenvalue weighted by Gasteiger charge is -2.04. The summed E-state index contributed by atoms with van der Waals surface area (Å²) in [5, 5.41) is 0.461. The molecule has 3 aromatic rings. The van der Waals surface area contributed by atoms with Crippen molar-refractivity contribution in [3.63, 3.8) is 0 Å². The van der Waals surface area contributed by atoms with Crippen molar-refractivity contribution in [3.05, 3.63) is 50.1 Å². The molecule has 0 saturated carbocycles. The zero-order chi connectivity index (χ0) is 14.3. The van der Waals surface area contributed by atoms with E-state index in [1.54, 1.807) is 24.3 Å². The lowest BCUT2D eigenvalue weighted by atomic mass is 10.3. The predicted molar refractivity (Wildman–Crippen MR) is 82.6 cm³/mol. The van der Waals surface area contributed by atoms with Gasteiger partial charge in [-0.3, -0.25) is 9.78 Å². The van der Waals surface area contributed by atoms with Crippen molar-refractivity contribution in [3.8, 4) is 5.69 Å². The summed E-state index contributed by atoms with van der Waals surface area (Å²) in [6.45, 7) is 0. The average molecular weight is 326 g/mol. The summed E-state index contributed by atoms with van der Waals surface area (Å²) < 4.78 is 2.22. The highest BCUT2D eigenvalue weighted by molar-refractivity contribution is 8.00. The third kappa shape index (κ3) is 2.17. The van der Waals surface area contributed by atoms with Gasteiger partial charge in [0.05, 0.1) is 5.69 Å². The van der Waals surface area contributed by atoms with Gasteiger partial charge >= 0.3 is 5.69 Å². The van der Waals surface area contributed by atoms with Crippen LogP contribution in [0, 0.1) is 0 Å². The molecule has 8 heteroatoms. The molecule has 102 valence electrons. The van der Waals surface area contributed by atoms with Gasteiger partial charge in [0.15, 0.2) is 9.99 Å². The highest BCUT2D eigenvalue weighted by Crippen LogP contribution is 2.24. The molecule has 0 aliphatic rings. The molecule has 0 unspecified atom stereocenters. The van der Waals surface area contributed by atoms with Crippen LogP contribution >= 0.6 is 34.7 Å². The minimum absolute atomic E-state index is 0.327. The second-order valence-electron chi connectivity index (χ2n) is 3.91. The Bertz CT molecular complexity index is 913. The number of nitrogens with one attached hydrogen (secondary N) is 1. The van der Waals surface area contributed by atoms with Gasteiger partial charge in [0.1, 0.15) is 4.70 Å². The normalized spacial score (nSPS) is 11.1. The zero-order valence-corrected chi connectivity index (χ0v) is 12.6. The van der Waals surface area contributed by atoms with Crippen LogP contribution in [0.3, 0.4) is 0 Å². The molecule has 0 radical (unpaired) electrons. The van der Waals surface area contributed by atoms with Gasteiger partial charge in [-0.25, -0.2) is 14.3 Å². The topological polar surface area (TPSA) is 67.8 Å². The number of aromatic amines is 1. The smallest absolute Gasteiger partial charge is 0.290 e. The zero-order valence-electron chi connectivity index (χ0n) is 10.2. The standard InChI is InChI=1S/C12H8ClN3O2S2/c1-19-12-15-9-8(20-12)10(17)16(11(18)14-9)7-4-2-3-6(13)5-7/h2-5H,1H3,(H,14,18). The van der Waals surface area contributed by atoms with E-state index in [4.69, 9.17) is 11.6 Å². The van der Waals surface area contributed by atoms with Gasteiger partial charge in [-0.05, 0) is 24.5 Å². The maximum absolute atomic E-state index is 12.5. The van der Waals surface area contributed by atoms with Crippen molar-refractivity contribution in [1.82, 2.24) is 14.5 Å². The summed E-state index contributed by atoms with van der Waals surface area (Å²) in [5.41, 5.74) is -0.149. The van der Waals surface area contributed by atoms with Crippen LogP contribution in [0.1, 0.15) is 0 Å². The molecule has 1 N–H and O–H groups in total. The Hall–Kier alpha value is -1.57. The molecule has 2 heterocycles. The second-order valence-corrected chi connectivity index (χ2v) is 6.40. The number of halogens is 1. The van der Waals surface area contributed by atoms with Gasteiger partial charge in [0.25, 0.3) is 5.56 Å². The van der Waals surface area contributed by atoms with Crippen LogP contribution in [0.5, 0.6) is 0 Å².